The van der Waals surface area contributed by atoms with E-state index in [1.54, 1.807) is 44.8 Å². The molecule has 0 aliphatic carbocycles. The Labute approximate surface area is 302 Å². The van der Waals surface area contributed by atoms with Crippen LogP contribution in [0.1, 0.15) is 47.5 Å². The maximum absolute atomic E-state index is 15.7. The number of fused-ring (bicyclic) bond motifs is 1. The number of likely N-dealkylation sites (tertiary alicyclic amines) is 1. The van der Waals surface area contributed by atoms with Crippen molar-refractivity contribution in [1.29, 1.82) is 5.26 Å². The molecular weight excluding hydrogens is 665 g/mol. The zero-order valence-corrected chi connectivity index (χ0v) is 30.2. The molecule has 0 unspecified atom stereocenters. The molecule has 0 spiro atoms. The number of nitriles is 1. The summed E-state index contributed by atoms with van der Waals surface area (Å²) in [7, 11) is 0. The van der Waals surface area contributed by atoms with Gasteiger partial charge in [0.2, 0.25) is 0 Å². The molecule has 4 heterocycles. The van der Waals surface area contributed by atoms with Gasteiger partial charge in [-0.3, -0.25) is 9.69 Å². The van der Waals surface area contributed by atoms with Crippen LogP contribution in [-0.4, -0.2) is 96.4 Å². The van der Waals surface area contributed by atoms with Crippen molar-refractivity contribution < 1.29 is 23.5 Å². The zero-order valence-electron chi connectivity index (χ0n) is 30.2. The molecule has 13 nitrogen and oxygen atoms in total. The number of benzene rings is 2. The summed E-state index contributed by atoms with van der Waals surface area (Å²) in [6.07, 6.45) is 4.12. The molecule has 0 radical (unpaired) electrons. The van der Waals surface area contributed by atoms with Crippen molar-refractivity contribution in [3.05, 3.63) is 72.3 Å². The van der Waals surface area contributed by atoms with Crippen LogP contribution in [0.3, 0.4) is 0 Å². The molecule has 2 N–H and O–H groups in total. The smallest absolute Gasteiger partial charge is 0.410 e. The van der Waals surface area contributed by atoms with Crippen molar-refractivity contribution in [2.75, 3.05) is 38.5 Å². The van der Waals surface area contributed by atoms with Gasteiger partial charge < -0.3 is 25.0 Å². The van der Waals surface area contributed by atoms with Crippen LogP contribution in [0.15, 0.2) is 66.5 Å². The van der Waals surface area contributed by atoms with Crippen LogP contribution in [-0.2, 0) is 16.1 Å². The number of amides is 2. The highest BCUT2D eigenvalue weighted by Crippen LogP contribution is 2.35. The van der Waals surface area contributed by atoms with Crippen LogP contribution >= 0.6 is 0 Å². The Balaban J connectivity index is 1.20. The average Bonchev–Trinajstić information content (AvgIpc) is 3.72. The third-order valence-corrected chi connectivity index (χ3v) is 9.35. The highest BCUT2D eigenvalue weighted by atomic mass is 19.1. The number of anilines is 1. The first-order valence-electron chi connectivity index (χ1n) is 17.4. The summed E-state index contributed by atoms with van der Waals surface area (Å²) in [5, 5.41) is 15.4. The average molecular weight is 710 g/mol. The van der Waals surface area contributed by atoms with Gasteiger partial charge in [0.1, 0.15) is 52.4 Å². The Hall–Kier alpha value is -5.55. The van der Waals surface area contributed by atoms with Crippen molar-refractivity contribution in [1.82, 2.24) is 34.4 Å². The van der Waals surface area contributed by atoms with E-state index in [0.29, 0.717) is 61.7 Å². The first kappa shape index (κ1) is 36.2. The minimum atomic E-state index is -0.636. The van der Waals surface area contributed by atoms with Crippen LogP contribution in [0, 0.1) is 17.1 Å². The summed E-state index contributed by atoms with van der Waals surface area (Å²) >= 11 is 0. The molecule has 2 amide bonds. The van der Waals surface area contributed by atoms with Crippen molar-refractivity contribution in [3.8, 4) is 28.8 Å². The SMILES string of the molecule is CC(C)(C)OC(=O)N1CCN(C(C)(C)/C=C(\C#N)C(=O)N2CCC[C@H]2Cn2nc(-c3ccc(Oc4ccccc4)cc3F)c3c(N)ncnc32)CC1. The Morgan fingerprint density at radius 3 is 2.42 bits per heavy atom. The van der Waals surface area contributed by atoms with Gasteiger partial charge in [-0.05, 0) is 77.8 Å². The second-order valence-electron chi connectivity index (χ2n) is 14.6. The van der Waals surface area contributed by atoms with E-state index in [4.69, 9.17) is 20.3 Å². The Bertz CT molecular complexity index is 2030. The molecule has 14 heteroatoms. The van der Waals surface area contributed by atoms with E-state index in [1.807, 2.05) is 52.8 Å². The maximum Gasteiger partial charge on any atom is 0.410 e. The Morgan fingerprint density at radius 2 is 1.75 bits per heavy atom. The van der Waals surface area contributed by atoms with Crippen LogP contribution in [0.2, 0.25) is 0 Å². The molecule has 2 aliphatic rings. The van der Waals surface area contributed by atoms with Crippen LogP contribution in [0.25, 0.3) is 22.3 Å². The largest absolute Gasteiger partial charge is 0.457 e. The van der Waals surface area contributed by atoms with Gasteiger partial charge in [-0.2, -0.15) is 10.4 Å². The number of carbonyl (C=O) groups is 2. The van der Waals surface area contributed by atoms with Gasteiger partial charge in [0.15, 0.2) is 5.65 Å². The number of aromatic nitrogens is 4. The van der Waals surface area contributed by atoms with Crippen molar-refractivity contribution in [3.63, 3.8) is 0 Å². The minimum absolute atomic E-state index is 0.0453. The molecule has 2 aromatic heterocycles. The topological polar surface area (TPSA) is 156 Å². The first-order chi connectivity index (χ1) is 24.7. The van der Waals surface area contributed by atoms with Gasteiger partial charge in [-0.25, -0.2) is 23.8 Å². The van der Waals surface area contributed by atoms with Crippen LogP contribution in [0.5, 0.6) is 11.5 Å². The van der Waals surface area contributed by atoms with Gasteiger partial charge in [0.25, 0.3) is 5.91 Å². The number of piperazine rings is 1. The minimum Gasteiger partial charge on any atom is -0.457 e. The molecule has 6 rings (SSSR count). The van der Waals surface area contributed by atoms with E-state index >= 15 is 4.39 Å². The summed E-state index contributed by atoms with van der Waals surface area (Å²) in [5.41, 5.74) is 6.03. The maximum atomic E-state index is 15.7. The number of nitrogen functional groups attached to an aromatic ring is 1. The molecule has 4 aromatic rings. The molecule has 52 heavy (non-hydrogen) atoms. The Kier molecular flexibility index (Phi) is 10.2. The van der Waals surface area contributed by atoms with Gasteiger partial charge in [0, 0.05) is 49.9 Å². The van der Waals surface area contributed by atoms with Gasteiger partial charge in [-0.15, -0.1) is 0 Å². The molecule has 1 atom stereocenters. The normalized spacial score (nSPS) is 17.3. The molecule has 0 bridgehead atoms. The molecular formula is C38H44FN9O4. The lowest BCUT2D eigenvalue weighted by Crippen LogP contribution is -2.56. The first-order valence-corrected chi connectivity index (χ1v) is 17.4. The van der Waals surface area contributed by atoms with Crippen molar-refractivity contribution in [2.45, 2.75) is 71.2 Å². The quantitative estimate of drug-likeness (QED) is 0.176. The monoisotopic (exact) mass is 709 g/mol. The highest BCUT2D eigenvalue weighted by molar-refractivity contribution is 5.99. The number of ether oxygens (including phenoxy) is 2. The number of halogens is 1. The van der Waals surface area contributed by atoms with E-state index in [2.05, 4.69) is 20.9 Å². The third-order valence-electron chi connectivity index (χ3n) is 9.35. The van der Waals surface area contributed by atoms with Gasteiger partial charge in [-0.1, -0.05) is 18.2 Å². The molecule has 2 saturated heterocycles. The zero-order chi connectivity index (χ0) is 37.2. The van der Waals surface area contributed by atoms with E-state index in [-0.39, 0.29) is 47.2 Å². The standard InChI is InChI=1S/C38H44FN9O4/c1-37(2,3)52-36(50)45-16-18-46(19-17-45)38(4,5)21-25(22-40)35(49)47-15-9-10-26(47)23-48-34-31(33(41)42-24-43-34)32(44-48)29-14-13-28(20-30(29)39)51-27-11-7-6-8-12-27/h6-8,11-14,20-21,24,26H,9-10,15-19,23H2,1-5H3,(H2,41,42,43)/b25-21+/t26-/m0/s1. The third kappa shape index (κ3) is 7.84. The number of hydrogen-bond donors (Lipinski definition) is 1. The van der Waals surface area contributed by atoms with Crippen LogP contribution < -0.4 is 10.5 Å². The Morgan fingerprint density at radius 1 is 1.02 bits per heavy atom. The van der Waals surface area contributed by atoms with E-state index in [9.17, 15) is 14.9 Å². The van der Waals surface area contributed by atoms with E-state index in [0.717, 1.165) is 6.42 Å². The lowest BCUT2D eigenvalue weighted by molar-refractivity contribution is -0.127. The molecule has 2 aliphatic heterocycles. The number of para-hydroxylation sites is 1. The summed E-state index contributed by atoms with van der Waals surface area (Å²) in [4.78, 5) is 40.7. The summed E-state index contributed by atoms with van der Waals surface area (Å²) in [5.74, 6) is 0.135. The molecule has 0 saturated carbocycles. The fraction of sp³-hybridized carbons (Fsp3) is 0.421. The number of rotatable bonds is 8. The highest BCUT2D eigenvalue weighted by Gasteiger charge is 2.36. The number of carbonyl (C=O) groups excluding carboxylic acids is 2. The van der Waals surface area contributed by atoms with Gasteiger partial charge in [0.05, 0.1) is 18.0 Å². The fourth-order valence-corrected chi connectivity index (χ4v) is 6.75. The van der Waals surface area contributed by atoms with Crippen LogP contribution in [0.4, 0.5) is 15.0 Å². The second kappa shape index (κ2) is 14.6. The van der Waals surface area contributed by atoms with E-state index in [1.165, 1.54) is 12.4 Å². The summed E-state index contributed by atoms with van der Waals surface area (Å²) < 4.78 is 28.6. The van der Waals surface area contributed by atoms with Gasteiger partial charge >= 0.3 is 6.09 Å². The predicted octanol–water partition coefficient (Wildman–Crippen LogP) is 5.78. The van der Waals surface area contributed by atoms with Crippen molar-refractivity contribution >= 4 is 28.9 Å². The molecule has 2 aromatic carbocycles. The number of nitrogens with zero attached hydrogens (tertiary/aromatic N) is 8. The number of hydrogen-bond acceptors (Lipinski definition) is 10. The summed E-state index contributed by atoms with van der Waals surface area (Å²) in [6.45, 7) is 12.2. The second-order valence-corrected chi connectivity index (χ2v) is 14.6. The lowest BCUT2D eigenvalue weighted by Gasteiger charge is -2.43. The lowest BCUT2D eigenvalue weighted by atomic mass is 9.97. The number of nitrogens with two attached hydrogens (primary N) is 1. The van der Waals surface area contributed by atoms with E-state index < -0.39 is 17.0 Å². The molecule has 2 fully saturated rings. The fourth-order valence-electron chi connectivity index (χ4n) is 6.75. The predicted molar refractivity (Wildman–Crippen MR) is 194 cm³/mol. The summed E-state index contributed by atoms with van der Waals surface area (Å²) in [6, 6.07) is 15.5. The van der Waals surface area contributed by atoms with Crippen molar-refractivity contribution in [2.24, 2.45) is 0 Å². The molecule has 272 valence electrons.